The highest BCUT2D eigenvalue weighted by Crippen LogP contribution is 2.36. The maximum absolute atomic E-state index is 12.9. The molecule has 3 rings (SSSR count). The molecule has 0 radical (unpaired) electrons. The Balaban J connectivity index is 1.62. The van der Waals surface area contributed by atoms with Crippen molar-refractivity contribution >= 4 is 29.1 Å². The van der Waals surface area contributed by atoms with Crippen LogP contribution in [0.25, 0.3) is 0 Å². The second-order valence-electron chi connectivity index (χ2n) is 6.52. The van der Waals surface area contributed by atoms with Gasteiger partial charge < -0.3 is 15.0 Å². The number of hydrogen-bond donors (Lipinski definition) is 1. The first-order chi connectivity index (χ1) is 12.2. The van der Waals surface area contributed by atoms with Crippen molar-refractivity contribution in [1.82, 2.24) is 4.90 Å². The molecule has 2 aliphatic heterocycles. The number of rotatable bonds is 4. The van der Waals surface area contributed by atoms with Crippen molar-refractivity contribution in [3.63, 3.8) is 0 Å². The van der Waals surface area contributed by atoms with Gasteiger partial charge in [0.05, 0.1) is 22.6 Å². The molecule has 0 aliphatic carbocycles. The molecule has 1 aromatic rings. The van der Waals surface area contributed by atoms with Crippen LogP contribution >= 0.6 is 11.6 Å². The van der Waals surface area contributed by atoms with Crippen LogP contribution in [0.1, 0.15) is 24.8 Å². The van der Waals surface area contributed by atoms with Crippen LogP contribution in [0, 0.1) is 5.92 Å². The summed E-state index contributed by atoms with van der Waals surface area (Å²) in [6.45, 7) is 1.36. The van der Waals surface area contributed by atoms with Crippen molar-refractivity contribution in [2.45, 2.75) is 31.5 Å². The Kier molecular flexibility index (Phi) is 5.43. The number of likely N-dealkylation sites (tertiary alicyclic amines) is 1. The van der Waals surface area contributed by atoms with E-state index < -0.39 is 28.6 Å². The lowest BCUT2D eigenvalue weighted by Gasteiger charge is -2.20. The van der Waals surface area contributed by atoms with Crippen molar-refractivity contribution in [1.29, 1.82) is 0 Å². The number of carbonyl (C=O) groups excluding carboxylic acids is 2. The Morgan fingerprint density at radius 3 is 2.81 bits per heavy atom. The second kappa shape index (κ2) is 7.44. The van der Waals surface area contributed by atoms with E-state index in [4.69, 9.17) is 16.3 Å². The maximum Gasteiger partial charge on any atom is 0.417 e. The molecule has 0 spiro atoms. The van der Waals surface area contributed by atoms with Crippen LogP contribution in [-0.2, 0) is 20.5 Å². The fourth-order valence-corrected chi connectivity index (χ4v) is 3.45. The summed E-state index contributed by atoms with van der Waals surface area (Å²) in [5.41, 5.74) is -1.02. The van der Waals surface area contributed by atoms with Gasteiger partial charge in [0.2, 0.25) is 11.8 Å². The highest BCUT2D eigenvalue weighted by atomic mass is 35.5. The SMILES string of the molecule is O=C(Nc1ccc(Cl)c(C(F)(F)F)c1)C1CC(=O)N(CC2CCCO2)C1. The second-order valence-corrected chi connectivity index (χ2v) is 6.92. The molecule has 1 N–H and O–H groups in total. The van der Waals surface area contributed by atoms with Gasteiger partial charge in [0.1, 0.15) is 0 Å². The number of alkyl halides is 3. The summed E-state index contributed by atoms with van der Waals surface area (Å²) in [4.78, 5) is 26.0. The van der Waals surface area contributed by atoms with Gasteiger partial charge in [-0.3, -0.25) is 9.59 Å². The highest BCUT2D eigenvalue weighted by Gasteiger charge is 2.37. The summed E-state index contributed by atoms with van der Waals surface area (Å²) < 4.78 is 44.2. The van der Waals surface area contributed by atoms with Gasteiger partial charge >= 0.3 is 6.18 Å². The van der Waals surface area contributed by atoms with Crippen LogP contribution in [0.3, 0.4) is 0 Å². The summed E-state index contributed by atoms with van der Waals surface area (Å²) in [5.74, 6) is -1.23. The van der Waals surface area contributed by atoms with E-state index in [9.17, 15) is 22.8 Å². The number of halogens is 4. The molecule has 5 nitrogen and oxygen atoms in total. The van der Waals surface area contributed by atoms with Crippen molar-refractivity contribution in [3.05, 3.63) is 28.8 Å². The number of ether oxygens (including phenoxy) is 1. The monoisotopic (exact) mass is 390 g/mol. The van der Waals surface area contributed by atoms with Gasteiger partial charge in [-0.05, 0) is 31.0 Å². The van der Waals surface area contributed by atoms with E-state index in [0.29, 0.717) is 13.2 Å². The summed E-state index contributed by atoms with van der Waals surface area (Å²) in [5, 5.41) is 2.01. The first-order valence-electron chi connectivity index (χ1n) is 8.31. The summed E-state index contributed by atoms with van der Waals surface area (Å²) >= 11 is 5.57. The molecule has 26 heavy (non-hydrogen) atoms. The minimum atomic E-state index is -4.61. The lowest BCUT2D eigenvalue weighted by atomic mass is 10.1. The molecule has 2 unspecified atom stereocenters. The number of nitrogens with zero attached hydrogens (tertiary/aromatic N) is 1. The van der Waals surface area contributed by atoms with Crippen LogP contribution in [-0.4, -0.2) is 42.5 Å². The molecule has 9 heteroatoms. The molecule has 1 aromatic carbocycles. The first kappa shape index (κ1) is 19.0. The molecule has 0 saturated carbocycles. The van der Waals surface area contributed by atoms with E-state index in [1.165, 1.54) is 6.07 Å². The van der Waals surface area contributed by atoms with Gasteiger partial charge in [-0.25, -0.2) is 0 Å². The van der Waals surface area contributed by atoms with Crippen molar-refractivity contribution in [3.8, 4) is 0 Å². The first-order valence-corrected chi connectivity index (χ1v) is 8.69. The zero-order valence-corrected chi connectivity index (χ0v) is 14.6. The van der Waals surface area contributed by atoms with Gasteiger partial charge in [0.15, 0.2) is 0 Å². The van der Waals surface area contributed by atoms with Crippen LogP contribution in [0.2, 0.25) is 5.02 Å². The largest absolute Gasteiger partial charge is 0.417 e. The van der Waals surface area contributed by atoms with Crippen molar-refractivity contribution in [2.75, 3.05) is 25.0 Å². The van der Waals surface area contributed by atoms with Crippen molar-refractivity contribution in [2.24, 2.45) is 5.92 Å². The fourth-order valence-electron chi connectivity index (χ4n) is 3.22. The van der Waals surface area contributed by atoms with Gasteiger partial charge in [0, 0.05) is 31.8 Å². The van der Waals surface area contributed by atoms with Crippen LogP contribution in [0.15, 0.2) is 18.2 Å². The van der Waals surface area contributed by atoms with Crippen LogP contribution in [0.4, 0.5) is 18.9 Å². The summed E-state index contributed by atoms with van der Waals surface area (Å²) in [7, 11) is 0. The minimum absolute atomic E-state index is 0.00301. The Bertz CT molecular complexity index is 705. The molecule has 2 atom stereocenters. The van der Waals surface area contributed by atoms with E-state index in [1.54, 1.807) is 4.90 Å². The van der Waals surface area contributed by atoms with E-state index in [-0.39, 0.29) is 30.7 Å². The van der Waals surface area contributed by atoms with Gasteiger partial charge in [-0.1, -0.05) is 11.6 Å². The maximum atomic E-state index is 12.9. The fraction of sp³-hybridized carbons (Fsp3) is 0.529. The molecule has 2 fully saturated rings. The molecule has 2 heterocycles. The topological polar surface area (TPSA) is 58.6 Å². The lowest BCUT2D eigenvalue weighted by Crippen LogP contribution is -2.34. The number of amides is 2. The normalized spacial score (nSPS) is 23.5. The van der Waals surface area contributed by atoms with Gasteiger partial charge in [-0.2, -0.15) is 13.2 Å². The average molecular weight is 391 g/mol. The molecule has 2 saturated heterocycles. The van der Waals surface area contributed by atoms with E-state index >= 15 is 0 Å². The summed E-state index contributed by atoms with van der Waals surface area (Å²) in [6.07, 6.45) is -2.75. The molecule has 0 bridgehead atoms. The van der Waals surface area contributed by atoms with Crippen LogP contribution < -0.4 is 5.32 Å². The highest BCUT2D eigenvalue weighted by molar-refractivity contribution is 6.31. The molecule has 2 amide bonds. The number of hydrogen-bond acceptors (Lipinski definition) is 3. The number of carbonyl (C=O) groups is 2. The molecular weight excluding hydrogens is 373 g/mol. The smallest absolute Gasteiger partial charge is 0.376 e. The Labute approximate surface area is 153 Å². The average Bonchev–Trinajstić information content (AvgIpc) is 3.19. The molecular formula is C17H18ClF3N2O3. The predicted octanol–water partition coefficient (Wildman–Crippen LogP) is 3.32. The third-order valence-electron chi connectivity index (χ3n) is 4.57. The molecule has 142 valence electrons. The Morgan fingerprint density at radius 1 is 1.38 bits per heavy atom. The quantitative estimate of drug-likeness (QED) is 0.858. The lowest BCUT2D eigenvalue weighted by molar-refractivity contribution is -0.137. The number of anilines is 1. The minimum Gasteiger partial charge on any atom is -0.376 e. The molecule has 2 aliphatic rings. The van der Waals surface area contributed by atoms with Gasteiger partial charge in [-0.15, -0.1) is 0 Å². The van der Waals surface area contributed by atoms with Gasteiger partial charge in [0.25, 0.3) is 0 Å². The Morgan fingerprint density at radius 2 is 2.15 bits per heavy atom. The third-order valence-corrected chi connectivity index (χ3v) is 4.90. The van der Waals surface area contributed by atoms with Crippen molar-refractivity contribution < 1.29 is 27.5 Å². The van der Waals surface area contributed by atoms with E-state index in [0.717, 1.165) is 25.0 Å². The van der Waals surface area contributed by atoms with E-state index in [2.05, 4.69) is 5.32 Å². The zero-order valence-electron chi connectivity index (χ0n) is 13.8. The number of benzene rings is 1. The summed E-state index contributed by atoms with van der Waals surface area (Å²) in [6, 6.07) is 3.18. The van der Waals surface area contributed by atoms with E-state index in [1.807, 2.05) is 0 Å². The molecule has 0 aromatic heterocycles. The van der Waals surface area contributed by atoms with Crippen LogP contribution in [0.5, 0.6) is 0 Å². The standard InChI is InChI=1S/C17H18ClF3N2O3/c18-14-4-3-11(7-13(14)17(19,20)21)22-16(25)10-6-15(24)23(8-10)9-12-2-1-5-26-12/h3-4,7,10,12H,1-2,5-6,8-9H2,(H,22,25). The Hall–Kier alpha value is -1.80. The zero-order chi connectivity index (χ0) is 18.9. The predicted molar refractivity (Wildman–Crippen MR) is 88.7 cm³/mol. The third kappa shape index (κ3) is 4.29. The number of nitrogens with one attached hydrogen (secondary N) is 1.